The molecule has 0 aliphatic carbocycles. The van der Waals surface area contributed by atoms with Gasteiger partial charge >= 0.3 is 5.97 Å². The molecule has 2 amide bonds. The molecule has 2 atom stereocenters. The Kier molecular flexibility index (Phi) is 9.91. The van der Waals surface area contributed by atoms with Crippen molar-refractivity contribution < 1.29 is 42.5 Å². The molecular weight excluding hydrogens is 514 g/mol. The van der Waals surface area contributed by atoms with Crippen molar-refractivity contribution in [2.75, 3.05) is 13.2 Å². The summed E-state index contributed by atoms with van der Waals surface area (Å²) in [6.07, 6.45) is -0.769. The van der Waals surface area contributed by atoms with Crippen molar-refractivity contribution in [3.8, 4) is 11.5 Å². The number of carboxylic acid groups (broad SMARTS) is 1. The van der Waals surface area contributed by atoms with E-state index in [0.717, 1.165) is 22.9 Å². The summed E-state index contributed by atoms with van der Waals surface area (Å²) in [4.78, 5) is 49.6. The molecule has 3 N–H and O–H groups in total. The van der Waals surface area contributed by atoms with Crippen LogP contribution in [0.5, 0.6) is 11.5 Å². The number of hydrogen-bond donors (Lipinski definition) is 3. The van der Waals surface area contributed by atoms with Crippen molar-refractivity contribution in [2.24, 2.45) is 5.92 Å². The van der Waals surface area contributed by atoms with E-state index in [2.05, 4.69) is 10.6 Å². The molecule has 0 radical (unpaired) electrons. The Bertz CT molecular complexity index is 1340. The molecule has 0 fully saturated rings. The average molecular weight is 543 g/mol. The molecule has 0 aliphatic heterocycles. The van der Waals surface area contributed by atoms with E-state index in [1.165, 1.54) is 0 Å². The predicted octanol–water partition coefficient (Wildman–Crippen LogP) is 3.25. The maximum atomic E-state index is 13.4. The number of amides is 2. The maximum absolute atomic E-state index is 13.4. The topological polar surface area (TPSA) is 131 Å². The van der Waals surface area contributed by atoms with E-state index in [0.29, 0.717) is 11.8 Å². The summed E-state index contributed by atoms with van der Waals surface area (Å²) in [6.45, 7) is 2.18. The number of hydrogen-bond acceptors (Lipinski definition) is 6. The van der Waals surface area contributed by atoms with Crippen LogP contribution in [-0.4, -0.2) is 54.0 Å². The van der Waals surface area contributed by atoms with Gasteiger partial charge in [0.25, 0.3) is 5.91 Å². The number of nitrogens with one attached hydrogen (secondary N) is 2. The zero-order chi connectivity index (χ0) is 28.5. The summed E-state index contributed by atoms with van der Waals surface area (Å²) in [5.74, 6) is -5.69. The molecule has 0 saturated carbocycles. The van der Waals surface area contributed by atoms with Crippen LogP contribution in [0.4, 0.5) is 8.78 Å². The number of ketones is 1. The number of benzene rings is 3. The van der Waals surface area contributed by atoms with E-state index < -0.39 is 66.2 Å². The van der Waals surface area contributed by atoms with Gasteiger partial charge < -0.3 is 25.2 Å². The highest BCUT2D eigenvalue weighted by atomic mass is 19.1. The number of halogens is 2. The number of rotatable bonds is 13. The van der Waals surface area contributed by atoms with Crippen molar-refractivity contribution in [1.82, 2.24) is 10.6 Å². The molecule has 0 saturated heterocycles. The highest BCUT2D eigenvalue weighted by Gasteiger charge is 2.30. The number of Topliss-reactive ketones (excluding diaryl/α,β-unsaturated/α-hetero) is 1. The third kappa shape index (κ3) is 8.49. The molecular formula is C28H28F2N2O7. The van der Waals surface area contributed by atoms with Gasteiger partial charge in [-0.05, 0) is 17.4 Å². The van der Waals surface area contributed by atoms with Gasteiger partial charge in [0.05, 0.1) is 6.42 Å². The summed E-state index contributed by atoms with van der Waals surface area (Å²) >= 11 is 0. The molecule has 0 spiro atoms. The van der Waals surface area contributed by atoms with Crippen molar-refractivity contribution in [2.45, 2.75) is 32.4 Å². The van der Waals surface area contributed by atoms with Crippen LogP contribution >= 0.6 is 0 Å². The molecule has 3 aromatic carbocycles. The monoisotopic (exact) mass is 542 g/mol. The Morgan fingerprint density at radius 2 is 1.54 bits per heavy atom. The number of carbonyl (C=O) groups excluding carboxylic acids is 3. The second kappa shape index (κ2) is 13.3. The van der Waals surface area contributed by atoms with Crippen molar-refractivity contribution in [1.29, 1.82) is 0 Å². The molecule has 0 aliphatic rings. The predicted molar refractivity (Wildman–Crippen MR) is 137 cm³/mol. The lowest BCUT2D eigenvalue weighted by Crippen LogP contribution is -2.55. The molecule has 11 heteroatoms. The molecule has 3 aromatic rings. The fraction of sp³-hybridized carbons (Fsp3) is 0.286. The smallest absolute Gasteiger partial charge is 0.305 e. The second-order valence-corrected chi connectivity index (χ2v) is 9.07. The fourth-order valence-corrected chi connectivity index (χ4v) is 3.76. The summed E-state index contributed by atoms with van der Waals surface area (Å²) in [6, 6.07) is 12.6. The molecule has 206 valence electrons. The zero-order valence-corrected chi connectivity index (χ0v) is 21.3. The van der Waals surface area contributed by atoms with Crippen LogP contribution in [0.1, 0.15) is 20.3 Å². The number of aliphatic carboxylic acids is 1. The summed E-state index contributed by atoms with van der Waals surface area (Å²) < 4.78 is 37.5. The van der Waals surface area contributed by atoms with Gasteiger partial charge in [-0.25, -0.2) is 8.78 Å². The minimum atomic E-state index is -1.52. The van der Waals surface area contributed by atoms with Crippen molar-refractivity contribution >= 4 is 34.3 Å². The highest BCUT2D eigenvalue weighted by Crippen LogP contribution is 2.25. The lowest BCUT2D eigenvalue weighted by atomic mass is 10.0. The van der Waals surface area contributed by atoms with E-state index in [1.54, 1.807) is 26.0 Å². The standard InChI is InChI=1S/C28H28F2N2O7/c1-16(2)27(32-25(34)15-39-24-9-5-7-17-6-3-4-8-21(17)24)28(37)31-22(13-26(35)36)23(33)14-38-20-11-18(29)10-19(30)12-20/h3-12,16,22,27H,13-15H2,1-2H3,(H,31,37)(H,32,34)(H,35,36)/t22-,27-/m0/s1. The molecule has 0 bridgehead atoms. The van der Waals surface area contributed by atoms with E-state index in [-0.39, 0.29) is 12.4 Å². The van der Waals surface area contributed by atoms with E-state index in [1.807, 2.05) is 30.3 Å². The summed E-state index contributed by atoms with van der Waals surface area (Å²) in [5, 5.41) is 15.8. The third-order valence-electron chi connectivity index (χ3n) is 5.68. The molecule has 9 nitrogen and oxygen atoms in total. The Morgan fingerprint density at radius 1 is 0.872 bits per heavy atom. The minimum absolute atomic E-state index is 0.278. The van der Waals surface area contributed by atoms with Gasteiger partial charge in [0, 0.05) is 23.6 Å². The lowest BCUT2D eigenvalue weighted by Gasteiger charge is -2.24. The van der Waals surface area contributed by atoms with Crippen LogP contribution in [0.15, 0.2) is 60.7 Å². The molecule has 0 aromatic heterocycles. The van der Waals surface area contributed by atoms with Gasteiger partial charge in [0.15, 0.2) is 12.4 Å². The second-order valence-electron chi connectivity index (χ2n) is 9.07. The summed E-state index contributed by atoms with van der Waals surface area (Å²) in [5.41, 5.74) is 0. The molecule has 39 heavy (non-hydrogen) atoms. The first-order valence-electron chi connectivity index (χ1n) is 12.1. The van der Waals surface area contributed by atoms with Crippen LogP contribution in [0, 0.1) is 17.6 Å². The van der Waals surface area contributed by atoms with Crippen LogP contribution in [-0.2, 0) is 19.2 Å². The number of carbonyl (C=O) groups is 4. The van der Waals surface area contributed by atoms with Crippen molar-refractivity contribution in [3.05, 3.63) is 72.3 Å². The molecule has 3 rings (SSSR count). The normalized spacial score (nSPS) is 12.4. The van der Waals surface area contributed by atoms with Crippen LogP contribution in [0.25, 0.3) is 10.8 Å². The quantitative estimate of drug-likeness (QED) is 0.302. The number of carboxylic acids is 1. The SMILES string of the molecule is CC(C)[C@H](NC(=O)COc1cccc2ccccc12)C(=O)N[C@@H](CC(=O)O)C(=O)COc1cc(F)cc(F)c1. The first-order valence-corrected chi connectivity index (χ1v) is 12.1. The minimum Gasteiger partial charge on any atom is -0.486 e. The largest absolute Gasteiger partial charge is 0.486 e. The Morgan fingerprint density at radius 3 is 2.21 bits per heavy atom. The Hall–Kier alpha value is -4.54. The first-order chi connectivity index (χ1) is 18.5. The Balaban J connectivity index is 1.62. The van der Waals surface area contributed by atoms with Crippen LogP contribution in [0.3, 0.4) is 0 Å². The molecule has 0 unspecified atom stereocenters. The number of fused-ring (bicyclic) bond motifs is 1. The third-order valence-corrected chi connectivity index (χ3v) is 5.68. The van der Waals surface area contributed by atoms with Gasteiger partial charge in [-0.1, -0.05) is 50.2 Å². The van der Waals surface area contributed by atoms with E-state index in [9.17, 15) is 33.1 Å². The van der Waals surface area contributed by atoms with Gasteiger partial charge in [-0.15, -0.1) is 0 Å². The number of ether oxygens (including phenoxy) is 2. The van der Waals surface area contributed by atoms with Crippen LogP contribution in [0.2, 0.25) is 0 Å². The zero-order valence-electron chi connectivity index (χ0n) is 21.3. The molecule has 0 heterocycles. The van der Waals surface area contributed by atoms with Crippen molar-refractivity contribution in [3.63, 3.8) is 0 Å². The first kappa shape index (κ1) is 29.0. The lowest BCUT2D eigenvalue weighted by molar-refractivity contribution is -0.141. The summed E-state index contributed by atoms with van der Waals surface area (Å²) in [7, 11) is 0. The highest BCUT2D eigenvalue weighted by molar-refractivity contribution is 5.95. The van der Waals surface area contributed by atoms with Gasteiger partial charge in [-0.3, -0.25) is 19.2 Å². The van der Waals surface area contributed by atoms with Gasteiger partial charge in [0.2, 0.25) is 5.91 Å². The van der Waals surface area contributed by atoms with E-state index in [4.69, 9.17) is 9.47 Å². The van der Waals surface area contributed by atoms with E-state index >= 15 is 0 Å². The maximum Gasteiger partial charge on any atom is 0.305 e. The van der Waals surface area contributed by atoms with Gasteiger partial charge in [-0.2, -0.15) is 0 Å². The van der Waals surface area contributed by atoms with Gasteiger partial charge in [0.1, 0.15) is 41.8 Å². The average Bonchev–Trinajstić information content (AvgIpc) is 2.87. The fourth-order valence-electron chi connectivity index (χ4n) is 3.76. The van der Waals surface area contributed by atoms with Crippen LogP contribution < -0.4 is 20.1 Å². The Labute approximate surface area is 223 Å².